The maximum Gasteiger partial charge on any atom is 0.318 e. The molecule has 0 spiro atoms. The average Bonchev–Trinajstić information content (AvgIpc) is 3.13. The monoisotopic (exact) mass is 350 g/mol. The summed E-state index contributed by atoms with van der Waals surface area (Å²) in [5.74, 6) is 0.156. The number of nitrogens with one attached hydrogen (secondary N) is 1. The van der Waals surface area contributed by atoms with E-state index in [2.05, 4.69) is 15.5 Å². The predicted molar refractivity (Wildman–Crippen MR) is 89.0 cm³/mol. The highest BCUT2D eigenvalue weighted by atomic mass is 16.5. The van der Waals surface area contributed by atoms with Gasteiger partial charge in [0, 0.05) is 19.0 Å². The third-order valence-electron chi connectivity index (χ3n) is 5.20. The number of aliphatic carboxylic acids is 1. The summed E-state index contributed by atoms with van der Waals surface area (Å²) in [6.07, 6.45) is 7.14. The van der Waals surface area contributed by atoms with Crippen LogP contribution in [-0.4, -0.2) is 45.2 Å². The van der Waals surface area contributed by atoms with Gasteiger partial charge in [0.2, 0.25) is 5.89 Å². The molecule has 1 aromatic rings. The van der Waals surface area contributed by atoms with Gasteiger partial charge in [-0.25, -0.2) is 4.79 Å². The van der Waals surface area contributed by atoms with E-state index in [1.54, 1.807) is 11.8 Å². The molecule has 1 saturated carbocycles. The van der Waals surface area contributed by atoms with E-state index in [1.807, 2.05) is 0 Å². The van der Waals surface area contributed by atoms with E-state index in [4.69, 9.17) is 9.63 Å². The summed E-state index contributed by atoms with van der Waals surface area (Å²) < 4.78 is 5.34. The second-order valence-corrected chi connectivity index (χ2v) is 7.12. The smallest absolute Gasteiger partial charge is 0.318 e. The normalized spacial score (nSPS) is 23.2. The first-order valence-corrected chi connectivity index (χ1v) is 9.16. The van der Waals surface area contributed by atoms with Crippen molar-refractivity contribution in [1.29, 1.82) is 0 Å². The fourth-order valence-corrected chi connectivity index (χ4v) is 3.65. The highest BCUT2D eigenvalue weighted by Gasteiger charge is 2.30. The van der Waals surface area contributed by atoms with Crippen LogP contribution in [0, 0.1) is 5.92 Å². The molecule has 8 nitrogen and oxygen atoms in total. The number of carboxylic acids is 1. The minimum atomic E-state index is -0.848. The number of carboxylic acid groups (broad SMARTS) is 1. The van der Waals surface area contributed by atoms with Crippen LogP contribution in [0.2, 0.25) is 0 Å². The van der Waals surface area contributed by atoms with Crippen LogP contribution in [0.3, 0.4) is 0 Å². The van der Waals surface area contributed by atoms with E-state index in [1.165, 1.54) is 19.3 Å². The molecule has 2 N–H and O–H groups in total. The van der Waals surface area contributed by atoms with Gasteiger partial charge in [-0.3, -0.25) is 4.79 Å². The Kier molecular flexibility index (Phi) is 5.55. The molecule has 0 aromatic carbocycles. The third-order valence-corrected chi connectivity index (χ3v) is 5.20. The Labute approximate surface area is 147 Å². The van der Waals surface area contributed by atoms with Crippen LogP contribution in [0.1, 0.15) is 75.5 Å². The molecule has 1 saturated heterocycles. The Morgan fingerprint density at radius 2 is 2.00 bits per heavy atom. The molecule has 2 amide bonds. The standard InChI is InChI=1S/C17H26N4O4/c1-11(15-19-14(20-25-15)12-6-3-2-4-7-12)18-17(24)21-9-5-8-13(10-21)16(22)23/h11-13H,2-10H2,1H3,(H,18,24)(H,22,23). The Hall–Kier alpha value is -2.12. The number of nitrogens with zero attached hydrogens (tertiary/aromatic N) is 3. The fourth-order valence-electron chi connectivity index (χ4n) is 3.65. The number of likely N-dealkylation sites (tertiary alicyclic amines) is 1. The molecule has 25 heavy (non-hydrogen) atoms. The quantitative estimate of drug-likeness (QED) is 0.864. The molecule has 2 unspecified atom stereocenters. The minimum absolute atomic E-state index is 0.241. The first-order chi connectivity index (χ1) is 12.0. The van der Waals surface area contributed by atoms with Crippen molar-refractivity contribution in [2.45, 2.75) is 63.8 Å². The van der Waals surface area contributed by atoms with Crippen molar-refractivity contribution in [2.24, 2.45) is 5.92 Å². The molecule has 2 aliphatic rings. The summed E-state index contributed by atoms with van der Waals surface area (Å²) in [5, 5.41) is 16.1. The first-order valence-electron chi connectivity index (χ1n) is 9.16. The van der Waals surface area contributed by atoms with Gasteiger partial charge in [-0.2, -0.15) is 4.98 Å². The van der Waals surface area contributed by atoms with E-state index in [-0.39, 0.29) is 12.6 Å². The molecule has 1 aliphatic carbocycles. The van der Waals surface area contributed by atoms with Crippen molar-refractivity contribution < 1.29 is 19.2 Å². The van der Waals surface area contributed by atoms with Gasteiger partial charge < -0.3 is 19.8 Å². The number of amides is 2. The molecular weight excluding hydrogens is 324 g/mol. The second kappa shape index (κ2) is 7.84. The number of piperidine rings is 1. The predicted octanol–water partition coefficient (Wildman–Crippen LogP) is 2.68. The number of hydrogen-bond donors (Lipinski definition) is 2. The lowest BCUT2D eigenvalue weighted by Gasteiger charge is -2.31. The highest BCUT2D eigenvalue weighted by molar-refractivity contribution is 5.76. The summed E-state index contributed by atoms with van der Waals surface area (Å²) in [6.45, 7) is 2.61. The number of urea groups is 1. The lowest BCUT2D eigenvalue weighted by atomic mass is 9.89. The van der Waals surface area contributed by atoms with Gasteiger partial charge >= 0.3 is 12.0 Å². The zero-order chi connectivity index (χ0) is 17.8. The SMILES string of the molecule is CC(NC(=O)N1CCCC(C(=O)O)C1)c1nc(C2CCCCC2)no1. The van der Waals surface area contributed by atoms with E-state index >= 15 is 0 Å². The first kappa shape index (κ1) is 17.7. The zero-order valence-corrected chi connectivity index (χ0v) is 14.6. The molecule has 2 fully saturated rings. The number of carbonyl (C=O) groups is 2. The molecule has 0 radical (unpaired) electrons. The van der Waals surface area contributed by atoms with Crippen molar-refractivity contribution >= 4 is 12.0 Å². The molecule has 2 heterocycles. The molecule has 1 aromatic heterocycles. The van der Waals surface area contributed by atoms with Crippen LogP contribution < -0.4 is 5.32 Å². The molecular formula is C17H26N4O4. The third kappa shape index (κ3) is 4.29. The maximum atomic E-state index is 12.4. The molecule has 138 valence electrons. The van der Waals surface area contributed by atoms with Crippen LogP contribution in [0.4, 0.5) is 4.79 Å². The van der Waals surface area contributed by atoms with Crippen LogP contribution in [0.25, 0.3) is 0 Å². The Bertz CT molecular complexity index is 612. The van der Waals surface area contributed by atoms with E-state index in [0.29, 0.717) is 31.2 Å². The van der Waals surface area contributed by atoms with Crippen LogP contribution >= 0.6 is 0 Å². The summed E-state index contributed by atoms with van der Waals surface area (Å²) in [4.78, 5) is 29.5. The summed E-state index contributed by atoms with van der Waals surface area (Å²) >= 11 is 0. The van der Waals surface area contributed by atoms with Crippen molar-refractivity contribution in [3.8, 4) is 0 Å². The van der Waals surface area contributed by atoms with Crippen molar-refractivity contribution in [3.63, 3.8) is 0 Å². The van der Waals surface area contributed by atoms with Gasteiger partial charge in [0.15, 0.2) is 5.82 Å². The number of carbonyl (C=O) groups excluding carboxylic acids is 1. The van der Waals surface area contributed by atoms with E-state index in [9.17, 15) is 9.59 Å². The fraction of sp³-hybridized carbons (Fsp3) is 0.765. The molecule has 2 atom stereocenters. The lowest BCUT2D eigenvalue weighted by Crippen LogP contribution is -2.47. The number of rotatable bonds is 4. The second-order valence-electron chi connectivity index (χ2n) is 7.12. The van der Waals surface area contributed by atoms with Crippen LogP contribution in [0.5, 0.6) is 0 Å². The summed E-state index contributed by atoms with van der Waals surface area (Å²) in [6, 6.07) is -0.682. The summed E-state index contributed by atoms with van der Waals surface area (Å²) in [7, 11) is 0. The topological polar surface area (TPSA) is 109 Å². The largest absolute Gasteiger partial charge is 0.481 e. The van der Waals surface area contributed by atoms with E-state index < -0.39 is 17.9 Å². The zero-order valence-electron chi connectivity index (χ0n) is 14.6. The van der Waals surface area contributed by atoms with Crippen LogP contribution in [0.15, 0.2) is 4.52 Å². The van der Waals surface area contributed by atoms with Gasteiger partial charge in [0.05, 0.1) is 5.92 Å². The van der Waals surface area contributed by atoms with Crippen molar-refractivity contribution in [2.75, 3.05) is 13.1 Å². The van der Waals surface area contributed by atoms with Gasteiger partial charge in [-0.15, -0.1) is 0 Å². The van der Waals surface area contributed by atoms with Crippen LogP contribution in [-0.2, 0) is 4.79 Å². The molecule has 1 aliphatic heterocycles. The molecule has 3 rings (SSSR count). The molecule has 0 bridgehead atoms. The molecule has 8 heteroatoms. The number of aromatic nitrogens is 2. The lowest BCUT2D eigenvalue weighted by molar-refractivity contribution is -0.143. The maximum absolute atomic E-state index is 12.4. The minimum Gasteiger partial charge on any atom is -0.481 e. The van der Waals surface area contributed by atoms with Crippen molar-refractivity contribution in [1.82, 2.24) is 20.4 Å². The Balaban J connectivity index is 1.56. The van der Waals surface area contributed by atoms with Gasteiger partial charge in [-0.05, 0) is 32.6 Å². The number of hydrogen-bond acceptors (Lipinski definition) is 5. The Morgan fingerprint density at radius 1 is 1.24 bits per heavy atom. The summed E-state index contributed by atoms with van der Waals surface area (Å²) in [5.41, 5.74) is 0. The van der Waals surface area contributed by atoms with Gasteiger partial charge in [0.25, 0.3) is 0 Å². The van der Waals surface area contributed by atoms with Gasteiger partial charge in [-0.1, -0.05) is 24.4 Å². The van der Waals surface area contributed by atoms with E-state index in [0.717, 1.165) is 18.7 Å². The van der Waals surface area contributed by atoms with Gasteiger partial charge in [0.1, 0.15) is 6.04 Å². The Morgan fingerprint density at radius 3 is 2.72 bits per heavy atom. The van der Waals surface area contributed by atoms with Crippen molar-refractivity contribution in [3.05, 3.63) is 11.7 Å². The average molecular weight is 350 g/mol. The highest BCUT2D eigenvalue weighted by Crippen LogP contribution is 2.31.